The molecule has 0 bridgehead atoms. The van der Waals surface area contributed by atoms with Crippen LogP contribution in [-0.4, -0.2) is 31.9 Å². The van der Waals surface area contributed by atoms with Gasteiger partial charge >= 0.3 is 0 Å². The summed E-state index contributed by atoms with van der Waals surface area (Å²) in [5.41, 5.74) is 2.99. The molecule has 2 aromatic carbocycles. The molecule has 0 unspecified atom stereocenters. The van der Waals surface area contributed by atoms with E-state index in [9.17, 15) is 10.1 Å². The van der Waals surface area contributed by atoms with Crippen molar-refractivity contribution in [3.05, 3.63) is 69.2 Å². The predicted octanol–water partition coefficient (Wildman–Crippen LogP) is 5.31. The van der Waals surface area contributed by atoms with E-state index in [1.165, 1.54) is 12.1 Å². The molecule has 4 aromatic rings. The summed E-state index contributed by atoms with van der Waals surface area (Å²) in [7, 11) is 0. The molecule has 7 nitrogen and oxygen atoms in total. The van der Waals surface area contributed by atoms with Gasteiger partial charge in [-0.15, -0.1) is 10.2 Å². The van der Waals surface area contributed by atoms with Crippen molar-refractivity contribution in [2.45, 2.75) is 18.5 Å². The molecule has 0 amide bonds. The van der Waals surface area contributed by atoms with E-state index in [-0.39, 0.29) is 5.69 Å². The summed E-state index contributed by atoms with van der Waals surface area (Å²) in [6.45, 7) is 2.55. The molecule has 2 aromatic heterocycles. The molecular formula is C20H17ClN4O3S. The second-order valence-corrected chi connectivity index (χ2v) is 7.96. The molecule has 0 saturated heterocycles. The van der Waals surface area contributed by atoms with Crippen LogP contribution < -0.4 is 4.74 Å². The Morgan fingerprint density at radius 3 is 2.72 bits per heavy atom. The van der Waals surface area contributed by atoms with Gasteiger partial charge in [0.2, 0.25) is 0 Å². The summed E-state index contributed by atoms with van der Waals surface area (Å²) in [5, 5.41) is 21.9. The summed E-state index contributed by atoms with van der Waals surface area (Å²) in [6, 6.07) is 13.9. The molecule has 0 aliphatic rings. The van der Waals surface area contributed by atoms with Crippen LogP contribution in [0.25, 0.3) is 16.6 Å². The van der Waals surface area contributed by atoms with Gasteiger partial charge in [0.15, 0.2) is 10.8 Å². The third-order valence-corrected chi connectivity index (χ3v) is 5.71. The molecule has 29 heavy (non-hydrogen) atoms. The Labute approximate surface area is 175 Å². The number of thioether (sulfide) groups is 1. The Bertz CT molecular complexity index is 1190. The molecule has 0 saturated carbocycles. The topological polar surface area (TPSA) is 82.6 Å². The first-order valence-corrected chi connectivity index (χ1v) is 10.3. The van der Waals surface area contributed by atoms with E-state index in [1.807, 2.05) is 35.6 Å². The van der Waals surface area contributed by atoms with Crippen molar-refractivity contribution in [3.8, 4) is 5.75 Å². The van der Waals surface area contributed by atoms with Crippen LogP contribution in [-0.2, 0) is 0 Å². The molecular weight excluding hydrogens is 412 g/mol. The number of aromatic nitrogens is 3. The van der Waals surface area contributed by atoms with E-state index in [2.05, 4.69) is 10.2 Å². The zero-order chi connectivity index (χ0) is 20.4. The third-order valence-electron chi connectivity index (χ3n) is 4.46. The maximum absolute atomic E-state index is 10.7. The monoisotopic (exact) mass is 428 g/mol. The van der Waals surface area contributed by atoms with Crippen molar-refractivity contribution >= 4 is 45.6 Å². The fourth-order valence-corrected chi connectivity index (χ4v) is 4.10. The minimum atomic E-state index is -0.428. The zero-order valence-electron chi connectivity index (χ0n) is 15.5. The van der Waals surface area contributed by atoms with Gasteiger partial charge < -0.3 is 4.74 Å². The van der Waals surface area contributed by atoms with E-state index in [0.29, 0.717) is 17.4 Å². The van der Waals surface area contributed by atoms with E-state index < -0.39 is 4.92 Å². The first-order valence-electron chi connectivity index (χ1n) is 8.97. The number of nitro groups is 1. The van der Waals surface area contributed by atoms with Crippen LogP contribution in [0.1, 0.15) is 12.0 Å². The SMILES string of the molecule is Cc1cc2nnc(SCCCOc3ccc([N+](=O)[O-])cc3)n2c2ccc(Cl)cc12. The Kier molecular flexibility index (Phi) is 5.55. The minimum absolute atomic E-state index is 0.0512. The molecule has 0 aliphatic carbocycles. The van der Waals surface area contributed by atoms with E-state index in [0.717, 1.165) is 39.4 Å². The highest BCUT2D eigenvalue weighted by molar-refractivity contribution is 7.99. The summed E-state index contributed by atoms with van der Waals surface area (Å²) in [4.78, 5) is 10.2. The smallest absolute Gasteiger partial charge is 0.269 e. The Morgan fingerprint density at radius 2 is 1.97 bits per heavy atom. The average molecular weight is 429 g/mol. The number of nitro benzene ring substituents is 1. The number of rotatable bonds is 7. The number of fused-ring (bicyclic) bond motifs is 3. The normalized spacial score (nSPS) is 11.2. The van der Waals surface area contributed by atoms with Crippen LogP contribution in [0.15, 0.2) is 53.7 Å². The summed E-state index contributed by atoms with van der Waals surface area (Å²) in [6.07, 6.45) is 0.798. The maximum Gasteiger partial charge on any atom is 0.269 e. The van der Waals surface area contributed by atoms with Gasteiger partial charge in [0.25, 0.3) is 5.69 Å². The molecule has 0 aliphatic heterocycles. The third kappa shape index (κ3) is 4.13. The number of pyridine rings is 1. The van der Waals surface area contributed by atoms with Crippen molar-refractivity contribution in [2.75, 3.05) is 12.4 Å². The summed E-state index contributed by atoms with van der Waals surface area (Å²) >= 11 is 7.77. The van der Waals surface area contributed by atoms with Gasteiger partial charge in [-0.1, -0.05) is 23.4 Å². The molecule has 0 N–H and O–H groups in total. The lowest BCUT2D eigenvalue weighted by atomic mass is 10.1. The van der Waals surface area contributed by atoms with Crippen LogP contribution in [0.4, 0.5) is 5.69 Å². The van der Waals surface area contributed by atoms with Crippen molar-refractivity contribution in [3.63, 3.8) is 0 Å². The molecule has 0 spiro atoms. The number of ether oxygens (including phenoxy) is 1. The lowest BCUT2D eigenvalue weighted by Gasteiger charge is -2.08. The lowest BCUT2D eigenvalue weighted by molar-refractivity contribution is -0.384. The number of halogens is 1. The molecule has 0 atom stereocenters. The average Bonchev–Trinajstić information content (AvgIpc) is 3.11. The van der Waals surface area contributed by atoms with Crippen LogP contribution >= 0.6 is 23.4 Å². The number of aryl methyl sites for hydroxylation is 1. The van der Waals surface area contributed by atoms with E-state index >= 15 is 0 Å². The maximum atomic E-state index is 10.7. The highest BCUT2D eigenvalue weighted by Crippen LogP contribution is 2.28. The lowest BCUT2D eigenvalue weighted by Crippen LogP contribution is -2.00. The number of hydrogen-bond acceptors (Lipinski definition) is 6. The molecule has 2 heterocycles. The molecule has 4 rings (SSSR count). The van der Waals surface area contributed by atoms with Gasteiger partial charge in [0, 0.05) is 28.3 Å². The minimum Gasteiger partial charge on any atom is -0.494 e. The Balaban J connectivity index is 1.40. The zero-order valence-corrected chi connectivity index (χ0v) is 17.1. The van der Waals surface area contributed by atoms with Crippen LogP contribution in [0.5, 0.6) is 5.75 Å². The fraction of sp³-hybridized carbons (Fsp3) is 0.200. The van der Waals surface area contributed by atoms with Crippen molar-refractivity contribution in [1.29, 1.82) is 0 Å². The van der Waals surface area contributed by atoms with Crippen molar-refractivity contribution in [1.82, 2.24) is 14.6 Å². The molecule has 0 fully saturated rings. The van der Waals surface area contributed by atoms with Gasteiger partial charge in [0.05, 0.1) is 17.0 Å². The molecule has 0 radical (unpaired) electrons. The first-order chi connectivity index (χ1) is 14.0. The first kappa shape index (κ1) is 19.5. The highest BCUT2D eigenvalue weighted by atomic mass is 35.5. The van der Waals surface area contributed by atoms with Crippen LogP contribution in [0, 0.1) is 17.0 Å². The Hall–Kier alpha value is -2.84. The van der Waals surface area contributed by atoms with Gasteiger partial charge in [-0.3, -0.25) is 14.5 Å². The standard InChI is InChI=1S/C20H17ClN4O3S/c1-13-11-19-22-23-20(24(19)18-8-3-14(21)12-17(13)18)29-10-2-9-28-16-6-4-15(5-7-16)25(26)27/h3-8,11-12H,2,9-10H2,1H3. The number of non-ortho nitro benzene ring substituents is 1. The summed E-state index contributed by atoms with van der Waals surface area (Å²) < 4.78 is 7.70. The number of hydrogen-bond donors (Lipinski definition) is 0. The highest BCUT2D eigenvalue weighted by Gasteiger charge is 2.12. The molecule has 9 heteroatoms. The van der Waals surface area contributed by atoms with Crippen molar-refractivity contribution in [2.24, 2.45) is 0 Å². The molecule has 148 valence electrons. The quantitative estimate of drug-likeness (QED) is 0.171. The second kappa shape index (κ2) is 8.26. The fourth-order valence-electron chi connectivity index (χ4n) is 3.06. The van der Waals surface area contributed by atoms with Gasteiger partial charge in [0.1, 0.15) is 5.75 Å². The summed E-state index contributed by atoms with van der Waals surface area (Å²) in [5.74, 6) is 1.42. The van der Waals surface area contributed by atoms with Crippen LogP contribution in [0.3, 0.4) is 0 Å². The number of benzene rings is 2. The largest absolute Gasteiger partial charge is 0.494 e. The van der Waals surface area contributed by atoms with Gasteiger partial charge in [-0.2, -0.15) is 0 Å². The van der Waals surface area contributed by atoms with Gasteiger partial charge in [-0.05, 0) is 55.3 Å². The van der Waals surface area contributed by atoms with Gasteiger partial charge in [-0.25, -0.2) is 0 Å². The van der Waals surface area contributed by atoms with E-state index in [1.54, 1.807) is 23.9 Å². The van der Waals surface area contributed by atoms with E-state index in [4.69, 9.17) is 16.3 Å². The van der Waals surface area contributed by atoms with Crippen molar-refractivity contribution < 1.29 is 9.66 Å². The second-order valence-electron chi connectivity index (χ2n) is 6.47. The van der Waals surface area contributed by atoms with Crippen LogP contribution in [0.2, 0.25) is 5.02 Å². The Morgan fingerprint density at radius 1 is 1.17 bits per heavy atom. The number of nitrogens with zero attached hydrogens (tertiary/aromatic N) is 4. The predicted molar refractivity (Wildman–Crippen MR) is 114 cm³/mol.